The van der Waals surface area contributed by atoms with E-state index in [-0.39, 0.29) is 16.6 Å². The average molecular weight is 300 g/mol. The summed E-state index contributed by atoms with van der Waals surface area (Å²) in [6.45, 7) is -0.436. The molecule has 1 saturated carbocycles. The Hall–Kier alpha value is -1.62. The molecule has 4 nitrogen and oxygen atoms in total. The Morgan fingerprint density at radius 1 is 1.35 bits per heavy atom. The number of rotatable bonds is 4. The number of hydrogen-bond acceptors (Lipinski definition) is 2. The fraction of sp³-hybridized carbons (Fsp3) is 0.429. The molecule has 0 unspecified atom stereocenters. The summed E-state index contributed by atoms with van der Waals surface area (Å²) in [5, 5.41) is 8.96. The maximum Gasteiger partial charge on any atom is 0.323 e. The molecule has 0 bridgehead atoms. The third kappa shape index (κ3) is 3.10. The molecule has 2 rings (SSSR count). The molecule has 0 heterocycles. The largest absolute Gasteiger partial charge is 0.480 e. The Bertz CT molecular complexity index is 509. The van der Waals surface area contributed by atoms with Crippen LogP contribution in [0.4, 0.5) is 4.39 Å². The van der Waals surface area contributed by atoms with Gasteiger partial charge in [0, 0.05) is 6.04 Å². The molecule has 1 amide bonds. The highest BCUT2D eigenvalue weighted by Gasteiger charge is 2.31. The van der Waals surface area contributed by atoms with Gasteiger partial charge >= 0.3 is 5.97 Å². The number of carbonyl (C=O) groups excluding carboxylic acids is 1. The predicted molar refractivity (Wildman–Crippen MR) is 72.3 cm³/mol. The maximum atomic E-state index is 13.8. The molecule has 1 aliphatic carbocycles. The lowest BCUT2D eigenvalue weighted by Gasteiger charge is -2.27. The molecule has 108 valence electrons. The predicted octanol–water partition coefficient (Wildman–Crippen LogP) is 2.95. The molecule has 1 aromatic carbocycles. The van der Waals surface area contributed by atoms with Gasteiger partial charge in [-0.1, -0.05) is 30.5 Å². The first kappa shape index (κ1) is 14.8. The third-order valence-corrected chi connectivity index (χ3v) is 3.82. The van der Waals surface area contributed by atoms with Crippen LogP contribution in [0.15, 0.2) is 18.2 Å². The molecule has 1 fully saturated rings. The van der Waals surface area contributed by atoms with Crippen molar-refractivity contribution < 1.29 is 19.1 Å². The van der Waals surface area contributed by atoms with Gasteiger partial charge in [0.15, 0.2) is 0 Å². The highest BCUT2D eigenvalue weighted by molar-refractivity contribution is 6.33. The van der Waals surface area contributed by atoms with E-state index in [1.54, 1.807) is 0 Å². The van der Waals surface area contributed by atoms with Crippen molar-refractivity contribution in [3.63, 3.8) is 0 Å². The number of halogens is 2. The van der Waals surface area contributed by atoms with E-state index in [4.69, 9.17) is 16.7 Å². The van der Waals surface area contributed by atoms with Crippen LogP contribution in [-0.2, 0) is 4.79 Å². The van der Waals surface area contributed by atoms with Crippen molar-refractivity contribution in [3.05, 3.63) is 34.6 Å². The zero-order chi connectivity index (χ0) is 14.7. The highest BCUT2D eigenvalue weighted by Crippen LogP contribution is 2.27. The Balaban J connectivity index is 2.32. The SMILES string of the molecule is O=C(O)CN(C(=O)c1c(F)cccc1Cl)C1CCCC1. The quantitative estimate of drug-likeness (QED) is 0.930. The van der Waals surface area contributed by atoms with Crippen molar-refractivity contribution in [2.45, 2.75) is 31.7 Å². The van der Waals surface area contributed by atoms with Crippen LogP contribution in [-0.4, -0.2) is 34.5 Å². The van der Waals surface area contributed by atoms with Crippen molar-refractivity contribution in [2.75, 3.05) is 6.54 Å². The van der Waals surface area contributed by atoms with Crippen LogP contribution in [0.5, 0.6) is 0 Å². The van der Waals surface area contributed by atoms with Crippen molar-refractivity contribution in [3.8, 4) is 0 Å². The van der Waals surface area contributed by atoms with Crippen LogP contribution in [0.25, 0.3) is 0 Å². The second-order valence-electron chi connectivity index (χ2n) is 4.86. The van der Waals surface area contributed by atoms with Gasteiger partial charge in [-0.05, 0) is 25.0 Å². The van der Waals surface area contributed by atoms with Gasteiger partial charge in [-0.3, -0.25) is 9.59 Å². The van der Waals surface area contributed by atoms with Gasteiger partial charge in [0.1, 0.15) is 12.4 Å². The van der Waals surface area contributed by atoms with Crippen LogP contribution >= 0.6 is 11.6 Å². The molecule has 0 radical (unpaired) electrons. The van der Waals surface area contributed by atoms with Crippen LogP contribution < -0.4 is 0 Å². The lowest BCUT2D eigenvalue weighted by atomic mass is 10.1. The molecule has 1 N–H and O–H groups in total. The fourth-order valence-electron chi connectivity index (χ4n) is 2.57. The van der Waals surface area contributed by atoms with E-state index in [1.807, 2.05) is 0 Å². The van der Waals surface area contributed by atoms with Gasteiger partial charge < -0.3 is 10.0 Å². The van der Waals surface area contributed by atoms with Crippen LogP contribution in [0.1, 0.15) is 36.0 Å². The normalized spacial score (nSPS) is 15.3. The van der Waals surface area contributed by atoms with E-state index in [0.717, 1.165) is 31.7 Å². The monoisotopic (exact) mass is 299 g/mol. The highest BCUT2D eigenvalue weighted by atomic mass is 35.5. The number of carbonyl (C=O) groups is 2. The van der Waals surface area contributed by atoms with Crippen molar-refractivity contribution in [1.29, 1.82) is 0 Å². The van der Waals surface area contributed by atoms with Crippen LogP contribution in [0.2, 0.25) is 5.02 Å². The van der Waals surface area contributed by atoms with Gasteiger partial charge in [0.25, 0.3) is 5.91 Å². The summed E-state index contributed by atoms with van der Waals surface area (Å²) in [6.07, 6.45) is 3.37. The summed E-state index contributed by atoms with van der Waals surface area (Å²) in [6, 6.07) is 3.82. The third-order valence-electron chi connectivity index (χ3n) is 3.51. The van der Waals surface area contributed by atoms with E-state index >= 15 is 0 Å². The second-order valence-corrected chi connectivity index (χ2v) is 5.27. The smallest absolute Gasteiger partial charge is 0.323 e. The van der Waals surface area contributed by atoms with Crippen LogP contribution in [0.3, 0.4) is 0 Å². The first-order valence-electron chi connectivity index (χ1n) is 6.47. The summed E-state index contributed by atoms with van der Waals surface area (Å²) in [5.41, 5.74) is -0.248. The van der Waals surface area contributed by atoms with Crippen molar-refractivity contribution in [1.82, 2.24) is 4.90 Å². The average Bonchev–Trinajstić information content (AvgIpc) is 2.88. The van der Waals surface area contributed by atoms with Gasteiger partial charge in [-0.15, -0.1) is 0 Å². The molecule has 0 aromatic heterocycles. The van der Waals surface area contributed by atoms with E-state index in [0.29, 0.717) is 0 Å². The molecule has 1 aliphatic rings. The minimum atomic E-state index is -1.11. The van der Waals surface area contributed by atoms with Gasteiger partial charge in [-0.25, -0.2) is 4.39 Å². The zero-order valence-corrected chi connectivity index (χ0v) is 11.6. The first-order valence-corrected chi connectivity index (χ1v) is 6.85. The van der Waals surface area contributed by atoms with E-state index in [9.17, 15) is 14.0 Å². The Morgan fingerprint density at radius 2 is 2.00 bits per heavy atom. The van der Waals surface area contributed by atoms with Crippen molar-refractivity contribution in [2.24, 2.45) is 0 Å². The van der Waals surface area contributed by atoms with Crippen LogP contribution in [0, 0.1) is 5.82 Å². The standard InChI is InChI=1S/C14H15ClFNO3/c15-10-6-3-7-11(16)13(10)14(20)17(8-12(18)19)9-4-1-2-5-9/h3,6-7,9H,1-2,4-5,8H2,(H,18,19). The Labute approximate surface area is 121 Å². The number of amides is 1. The number of carboxylic acids is 1. The molecule has 1 aromatic rings. The minimum absolute atomic E-state index is 0.00313. The zero-order valence-electron chi connectivity index (χ0n) is 10.8. The van der Waals surface area contributed by atoms with Gasteiger partial charge in [0.2, 0.25) is 0 Å². The summed E-state index contributed by atoms with van der Waals surface area (Å²) in [5.74, 6) is -2.49. The molecule has 20 heavy (non-hydrogen) atoms. The lowest BCUT2D eigenvalue weighted by molar-refractivity contribution is -0.138. The fourth-order valence-corrected chi connectivity index (χ4v) is 2.82. The Kier molecular flexibility index (Phi) is 4.60. The Morgan fingerprint density at radius 3 is 2.55 bits per heavy atom. The topological polar surface area (TPSA) is 57.6 Å². The molecule has 0 atom stereocenters. The number of hydrogen-bond donors (Lipinski definition) is 1. The molecular weight excluding hydrogens is 285 g/mol. The van der Waals surface area contributed by atoms with E-state index in [1.165, 1.54) is 17.0 Å². The second kappa shape index (κ2) is 6.22. The maximum absolute atomic E-state index is 13.8. The van der Waals surface area contributed by atoms with E-state index < -0.39 is 24.2 Å². The summed E-state index contributed by atoms with van der Waals surface area (Å²) >= 11 is 5.88. The molecule has 0 aliphatic heterocycles. The minimum Gasteiger partial charge on any atom is -0.480 e. The molecule has 6 heteroatoms. The molecular formula is C14H15ClFNO3. The molecule has 0 saturated heterocycles. The van der Waals surface area contributed by atoms with E-state index in [2.05, 4.69) is 0 Å². The summed E-state index contributed by atoms with van der Waals surface area (Å²) < 4.78 is 13.8. The molecule has 0 spiro atoms. The summed E-state index contributed by atoms with van der Waals surface area (Å²) in [4.78, 5) is 24.6. The number of nitrogens with zero attached hydrogens (tertiary/aromatic N) is 1. The number of aliphatic carboxylic acids is 1. The summed E-state index contributed by atoms with van der Waals surface area (Å²) in [7, 11) is 0. The first-order chi connectivity index (χ1) is 9.50. The number of benzene rings is 1. The van der Waals surface area contributed by atoms with Crippen molar-refractivity contribution >= 4 is 23.5 Å². The lowest BCUT2D eigenvalue weighted by Crippen LogP contribution is -2.42. The van der Waals surface area contributed by atoms with Gasteiger partial charge in [0.05, 0.1) is 10.6 Å². The number of carboxylic acid groups (broad SMARTS) is 1. The van der Waals surface area contributed by atoms with Gasteiger partial charge in [-0.2, -0.15) is 0 Å².